The topological polar surface area (TPSA) is 150 Å². The van der Waals surface area contributed by atoms with Crippen LogP contribution in [-0.2, 0) is 14.8 Å². The van der Waals surface area contributed by atoms with Gasteiger partial charge in [-0.05, 0) is 49.4 Å². The van der Waals surface area contributed by atoms with E-state index in [1.807, 2.05) is 6.07 Å². The summed E-state index contributed by atoms with van der Waals surface area (Å²) in [6, 6.07) is 8.77. The predicted octanol–water partition coefficient (Wildman–Crippen LogP) is 4.89. The second kappa shape index (κ2) is 10.5. The van der Waals surface area contributed by atoms with Crippen molar-refractivity contribution in [1.82, 2.24) is 15.4 Å². The number of nitrogens with zero attached hydrogens (tertiary/aromatic N) is 2. The number of H-pyrrole nitrogens is 1. The van der Waals surface area contributed by atoms with Crippen LogP contribution in [0.25, 0.3) is 11.0 Å². The van der Waals surface area contributed by atoms with E-state index >= 15 is 0 Å². The second-order valence-electron chi connectivity index (χ2n) is 9.96. The quantitative estimate of drug-likeness (QED) is 0.241. The van der Waals surface area contributed by atoms with Crippen molar-refractivity contribution in [2.24, 2.45) is 0 Å². The molecule has 1 atom stereocenters. The number of sulfonamides is 1. The van der Waals surface area contributed by atoms with Gasteiger partial charge >= 0.3 is 0 Å². The van der Waals surface area contributed by atoms with E-state index in [1.54, 1.807) is 24.3 Å². The minimum atomic E-state index is -4.21. The smallest absolute Gasteiger partial charge is 0.270 e. The molecular weight excluding hydrogens is 538 g/mol. The van der Waals surface area contributed by atoms with Crippen molar-refractivity contribution in [3.8, 4) is 17.2 Å². The molecular formula is C27H31N5O7S. The number of fused-ring (bicyclic) bond motifs is 1. The Bertz CT molecular complexity index is 1610. The molecule has 1 unspecified atom stereocenters. The number of rotatable bonds is 10. The molecule has 40 heavy (non-hydrogen) atoms. The highest BCUT2D eigenvalue weighted by molar-refractivity contribution is 7.93. The lowest BCUT2D eigenvalue weighted by Gasteiger charge is -2.24. The van der Waals surface area contributed by atoms with Crippen LogP contribution in [-0.4, -0.2) is 58.3 Å². The molecule has 2 fully saturated rings. The minimum absolute atomic E-state index is 0.00581. The normalized spacial score (nSPS) is 17.5. The fourth-order valence-electron chi connectivity index (χ4n) is 5.02. The molecule has 3 N–H and O–H groups in total. The highest BCUT2D eigenvalue weighted by Gasteiger charge is 2.30. The van der Waals surface area contributed by atoms with Gasteiger partial charge in [-0.2, -0.15) is 5.10 Å². The Kier molecular flexibility index (Phi) is 6.92. The third kappa shape index (κ3) is 5.02. The number of methoxy groups -OCH3 is 3. The van der Waals surface area contributed by atoms with Crippen LogP contribution >= 0.6 is 0 Å². The van der Waals surface area contributed by atoms with E-state index in [0.717, 1.165) is 43.5 Å². The molecule has 6 rings (SSSR count). The van der Waals surface area contributed by atoms with E-state index < -0.39 is 10.0 Å². The van der Waals surface area contributed by atoms with E-state index in [9.17, 15) is 8.42 Å². The van der Waals surface area contributed by atoms with Crippen molar-refractivity contribution >= 4 is 38.3 Å². The molecule has 0 spiro atoms. The molecule has 0 radical (unpaired) electrons. The number of hydrogen-bond acceptors (Lipinski definition) is 10. The Morgan fingerprint density at radius 1 is 0.950 bits per heavy atom. The van der Waals surface area contributed by atoms with Crippen LogP contribution in [0.4, 0.5) is 17.3 Å². The van der Waals surface area contributed by atoms with Crippen LogP contribution in [0.3, 0.4) is 0 Å². The Hall–Kier alpha value is -3.97. The average Bonchev–Trinajstić information content (AvgIpc) is 3.61. The first-order valence-electron chi connectivity index (χ1n) is 13.1. The van der Waals surface area contributed by atoms with Crippen molar-refractivity contribution in [2.75, 3.05) is 44.6 Å². The van der Waals surface area contributed by atoms with Crippen LogP contribution < -0.4 is 24.2 Å². The van der Waals surface area contributed by atoms with Crippen LogP contribution in [0.1, 0.15) is 48.8 Å². The highest BCUT2D eigenvalue weighted by Crippen LogP contribution is 2.42. The van der Waals surface area contributed by atoms with E-state index in [2.05, 4.69) is 25.4 Å². The van der Waals surface area contributed by atoms with Crippen molar-refractivity contribution in [3.63, 3.8) is 0 Å². The number of anilines is 3. The summed E-state index contributed by atoms with van der Waals surface area (Å²) in [4.78, 5) is -0.134. The van der Waals surface area contributed by atoms with Gasteiger partial charge < -0.3 is 28.8 Å². The molecule has 1 saturated carbocycles. The number of ether oxygens (including phenoxy) is 4. The van der Waals surface area contributed by atoms with Crippen molar-refractivity contribution in [2.45, 2.75) is 42.4 Å². The summed E-state index contributed by atoms with van der Waals surface area (Å²) in [7, 11) is 0.167. The molecule has 0 amide bonds. The van der Waals surface area contributed by atoms with Crippen molar-refractivity contribution < 1.29 is 31.9 Å². The molecule has 1 aliphatic heterocycles. The molecule has 2 aromatic carbocycles. The fraction of sp³-hybridized carbons (Fsp3) is 0.407. The average molecular weight is 570 g/mol. The van der Waals surface area contributed by atoms with Crippen LogP contribution in [0.2, 0.25) is 0 Å². The number of hydrogen-bond donors (Lipinski definition) is 3. The highest BCUT2D eigenvalue weighted by atomic mass is 32.2. The molecule has 13 heteroatoms. The molecule has 3 heterocycles. The lowest BCUT2D eigenvalue weighted by Crippen LogP contribution is -2.18. The van der Waals surface area contributed by atoms with Crippen LogP contribution in [0, 0.1) is 0 Å². The third-order valence-electron chi connectivity index (χ3n) is 7.27. The molecule has 1 aliphatic carbocycles. The summed E-state index contributed by atoms with van der Waals surface area (Å²) in [6.45, 7) is 1.28. The Morgan fingerprint density at radius 2 is 1.70 bits per heavy atom. The monoisotopic (exact) mass is 569 g/mol. The maximum absolute atomic E-state index is 13.7. The number of benzene rings is 2. The fourth-order valence-corrected chi connectivity index (χ4v) is 6.34. The van der Waals surface area contributed by atoms with Gasteiger partial charge in [0.25, 0.3) is 10.0 Å². The van der Waals surface area contributed by atoms with Crippen LogP contribution in [0.5, 0.6) is 17.2 Å². The summed E-state index contributed by atoms with van der Waals surface area (Å²) in [5.41, 5.74) is 2.88. The second-order valence-corrected chi connectivity index (χ2v) is 11.6. The Morgan fingerprint density at radius 3 is 2.35 bits per heavy atom. The maximum atomic E-state index is 13.7. The third-order valence-corrected chi connectivity index (χ3v) is 8.67. The van der Waals surface area contributed by atoms with Gasteiger partial charge in [0.15, 0.2) is 16.3 Å². The SMILES string of the molecule is COc1cc2c(NS(=O)(=O)c3c(OC)cc(C4CCCOC4)cc3OC)noc2cc1Nc1cc(C2CC2)n[nH]1. The molecule has 2 aromatic heterocycles. The standard InChI is InChI=1S/C27H31N5O7S/c1-35-22-11-18-21(12-20(22)28-25-13-19(29-30-25)15-6-7-15)39-31-27(18)32-40(33,34)26-23(36-2)9-17(10-24(26)37-3)16-5-4-8-38-14-16/h9-13,15-16H,4-8,14H2,1-3H3,(H,31,32)(H2,28,29,30). The summed E-state index contributed by atoms with van der Waals surface area (Å²) in [6.07, 6.45) is 4.16. The van der Waals surface area contributed by atoms with Crippen molar-refractivity contribution in [1.29, 1.82) is 0 Å². The van der Waals surface area contributed by atoms with E-state index in [4.69, 9.17) is 23.5 Å². The Labute approximate surface area is 231 Å². The van der Waals surface area contributed by atoms with Crippen LogP contribution in [0.15, 0.2) is 39.8 Å². The summed E-state index contributed by atoms with van der Waals surface area (Å²) in [5, 5.41) is 15.0. The van der Waals surface area contributed by atoms with E-state index in [1.165, 1.54) is 21.3 Å². The number of aromatic amines is 1. The van der Waals surface area contributed by atoms with Gasteiger partial charge in [0.05, 0.1) is 44.7 Å². The summed E-state index contributed by atoms with van der Waals surface area (Å²) < 4.78 is 57.6. The molecule has 212 valence electrons. The summed E-state index contributed by atoms with van der Waals surface area (Å²) >= 11 is 0. The largest absolute Gasteiger partial charge is 0.495 e. The van der Waals surface area contributed by atoms with E-state index in [0.29, 0.717) is 40.7 Å². The maximum Gasteiger partial charge on any atom is 0.270 e. The molecule has 4 aromatic rings. The summed E-state index contributed by atoms with van der Waals surface area (Å²) in [5.74, 6) is 2.14. The molecule has 1 saturated heterocycles. The number of nitrogens with one attached hydrogen (secondary N) is 3. The molecule has 2 aliphatic rings. The lowest BCUT2D eigenvalue weighted by molar-refractivity contribution is 0.0803. The van der Waals surface area contributed by atoms with Gasteiger partial charge in [0.2, 0.25) is 0 Å². The van der Waals surface area contributed by atoms with Gasteiger partial charge in [-0.15, -0.1) is 0 Å². The van der Waals surface area contributed by atoms with E-state index in [-0.39, 0.29) is 28.1 Å². The first-order chi connectivity index (χ1) is 19.4. The number of aromatic nitrogens is 3. The zero-order chi connectivity index (χ0) is 27.9. The minimum Gasteiger partial charge on any atom is -0.495 e. The Balaban J connectivity index is 1.31. The zero-order valence-corrected chi connectivity index (χ0v) is 23.3. The lowest BCUT2D eigenvalue weighted by atomic mass is 9.93. The van der Waals surface area contributed by atoms with Gasteiger partial charge in [-0.3, -0.25) is 9.82 Å². The van der Waals surface area contributed by atoms with Gasteiger partial charge in [-0.1, -0.05) is 5.16 Å². The molecule has 12 nitrogen and oxygen atoms in total. The predicted molar refractivity (Wildman–Crippen MR) is 148 cm³/mol. The van der Waals surface area contributed by atoms with Gasteiger partial charge in [0, 0.05) is 30.6 Å². The van der Waals surface area contributed by atoms with Crippen molar-refractivity contribution in [3.05, 3.63) is 41.6 Å². The first kappa shape index (κ1) is 26.3. The first-order valence-corrected chi connectivity index (χ1v) is 14.5. The zero-order valence-electron chi connectivity index (χ0n) is 22.4. The molecule has 0 bridgehead atoms. The van der Waals surface area contributed by atoms with Gasteiger partial charge in [0.1, 0.15) is 23.1 Å². The van der Waals surface area contributed by atoms with Gasteiger partial charge in [-0.25, -0.2) is 8.42 Å².